The second-order valence-electron chi connectivity index (χ2n) is 5.30. The minimum atomic E-state index is -3.36. The highest BCUT2D eigenvalue weighted by Gasteiger charge is 2.22. The van der Waals surface area contributed by atoms with E-state index in [1.807, 2.05) is 0 Å². The molecule has 1 aromatic carbocycles. The largest absolute Gasteiger partial charge is 0.380 e. The van der Waals surface area contributed by atoms with Gasteiger partial charge in [-0.25, -0.2) is 12.7 Å². The highest BCUT2D eigenvalue weighted by atomic mass is 32.2. The van der Waals surface area contributed by atoms with Gasteiger partial charge in [-0.2, -0.15) is 0 Å². The third-order valence-electron chi connectivity index (χ3n) is 3.55. The molecule has 0 spiro atoms. The number of sulfonamides is 1. The Hall–Kier alpha value is -1.11. The molecule has 1 fully saturated rings. The van der Waals surface area contributed by atoms with Crippen LogP contribution in [0.2, 0.25) is 0 Å². The Bertz CT molecular complexity index is 534. The van der Waals surface area contributed by atoms with Gasteiger partial charge in [-0.15, -0.1) is 0 Å². The highest BCUT2D eigenvalue weighted by Crippen LogP contribution is 2.21. The van der Waals surface area contributed by atoms with Crippen molar-refractivity contribution in [2.45, 2.75) is 36.8 Å². The van der Waals surface area contributed by atoms with Gasteiger partial charge >= 0.3 is 0 Å². The van der Waals surface area contributed by atoms with Crippen molar-refractivity contribution in [3.63, 3.8) is 0 Å². The molecule has 1 heterocycles. The number of ether oxygens (including phenoxy) is 1. The molecule has 2 rings (SSSR count). The monoisotopic (exact) mass is 298 g/mol. The first-order valence-corrected chi connectivity index (χ1v) is 8.26. The van der Waals surface area contributed by atoms with E-state index in [0.29, 0.717) is 4.90 Å². The minimum absolute atomic E-state index is 0.216. The number of hydrogen-bond donors (Lipinski definition) is 1. The molecule has 0 aromatic heterocycles. The summed E-state index contributed by atoms with van der Waals surface area (Å²) >= 11 is 0. The standard InChI is InChI=1S/C14H22N2O3S/c1-11(14-5-4-10-19-14)15-12-6-8-13(9-7-12)20(17,18)16(2)3/h6-9,11,14-15H,4-5,10H2,1-3H3. The van der Waals surface area contributed by atoms with E-state index in [1.165, 1.54) is 18.4 Å². The zero-order valence-electron chi connectivity index (χ0n) is 12.2. The Morgan fingerprint density at radius 2 is 1.95 bits per heavy atom. The van der Waals surface area contributed by atoms with Crippen molar-refractivity contribution >= 4 is 15.7 Å². The van der Waals surface area contributed by atoms with E-state index in [4.69, 9.17) is 4.74 Å². The lowest BCUT2D eigenvalue weighted by molar-refractivity contribution is 0.0996. The van der Waals surface area contributed by atoms with E-state index in [1.54, 1.807) is 24.3 Å². The molecular weight excluding hydrogens is 276 g/mol. The molecule has 0 radical (unpaired) electrons. The first-order valence-electron chi connectivity index (χ1n) is 6.82. The first-order chi connectivity index (χ1) is 9.41. The van der Waals surface area contributed by atoms with E-state index in [9.17, 15) is 8.42 Å². The van der Waals surface area contributed by atoms with Crippen LogP contribution in [0.3, 0.4) is 0 Å². The van der Waals surface area contributed by atoms with E-state index < -0.39 is 10.0 Å². The Labute approximate surface area is 121 Å². The number of nitrogens with one attached hydrogen (secondary N) is 1. The van der Waals surface area contributed by atoms with Crippen LogP contribution in [0.1, 0.15) is 19.8 Å². The van der Waals surface area contributed by atoms with Crippen LogP contribution in [-0.4, -0.2) is 45.6 Å². The average molecular weight is 298 g/mol. The van der Waals surface area contributed by atoms with Crippen LogP contribution in [0.5, 0.6) is 0 Å². The van der Waals surface area contributed by atoms with Crippen LogP contribution >= 0.6 is 0 Å². The number of rotatable bonds is 5. The molecule has 1 saturated heterocycles. The molecular formula is C14H22N2O3S. The molecule has 0 saturated carbocycles. The molecule has 1 aliphatic rings. The molecule has 0 aliphatic carbocycles. The summed E-state index contributed by atoms with van der Waals surface area (Å²) in [6.45, 7) is 2.91. The lowest BCUT2D eigenvalue weighted by Crippen LogP contribution is -2.30. The SMILES string of the molecule is CC(Nc1ccc(S(=O)(=O)N(C)C)cc1)C1CCCO1. The molecule has 5 nitrogen and oxygen atoms in total. The van der Waals surface area contributed by atoms with Crippen molar-refractivity contribution in [1.82, 2.24) is 4.31 Å². The molecule has 0 amide bonds. The van der Waals surface area contributed by atoms with E-state index >= 15 is 0 Å². The van der Waals surface area contributed by atoms with Crippen molar-refractivity contribution in [2.24, 2.45) is 0 Å². The Kier molecular flexibility index (Phi) is 4.67. The van der Waals surface area contributed by atoms with Gasteiger partial charge in [0.05, 0.1) is 11.0 Å². The van der Waals surface area contributed by atoms with Gasteiger partial charge in [-0.05, 0) is 44.0 Å². The first kappa shape index (κ1) is 15.3. The molecule has 1 aliphatic heterocycles. The van der Waals surface area contributed by atoms with Gasteiger partial charge in [0.15, 0.2) is 0 Å². The highest BCUT2D eigenvalue weighted by molar-refractivity contribution is 7.89. The van der Waals surface area contributed by atoms with Crippen LogP contribution in [-0.2, 0) is 14.8 Å². The second kappa shape index (κ2) is 6.11. The topological polar surface area (TPSA) is 58.6 Å². The van der Waals surface area contributed by atoms with Crippen molar-refractivity contribution in [3.8, 4) is 0 Å². The van der Waals surface area contributed by atoms with Gasteiger partial charge in [0.2, 0.25) is 10.0 Å². The zero-order valence-corrected chi connectivity index (χ0v) is 13.0. The van der Waals surface area contributed by atoms with E-state index in [0.717, 1.165) is 25.1 Å². The summed E-state index contributed by atoms with van der Waals surface area (Å²) in [7, 11) is -0.299. The summed E-state index contributed by atoms with van der Waals surface area (Å²) in [6, 6.07) is 7.05. The second-order valence-corrected chi connectivity index (χ2v) is 7.45. The third-order valence-corrected chi connectivity index (χ3v) is 5.38. The van der Waals surface area contributed by atoms with Crippen molar-refractivity contribution < 1.29 is 13.2 Å². The lowest BCUT2D eigenvalue weighted by atomic mass is 10.1. The maximum Gasteiger partial charge on any atom is 0.242 e. The number of hydrogen-bond acceptors (Lipinski definition) is 4. The predicted octanol–water partition coefficient (Wildman–Crippen LogP) is 1.92. The van der Waals surface area contributed by atoms with Crippen LogP contribution < -0.4 is 5.32 Å². The maximum absolute atomic E-state index is 12.0. The summed E-state index contributed by atoms with van der Waals surface area (Å²) in [4.78, 5) is 0.304. The average Bonchev–Trinajstić information content (AvgIpc) is 2.93. The summed E-state index contributed by atoms with van der Waals surface area (Å²) in [5, 5.41) is 3.36. The van der Waals surface area contributed by atoms with Gasteiger partial charge in [0.1, 0.15) is 0 Å². The number of benzene rings is 1. The quantitative estimate of drug-likeness (QED) is 0.902. The van der Waals surface area contributed by atoms with Gasteiger partial charge < -0.3 is 10.1 Å². The van der Waals surface area contributed by atoms with Crippen LogP contribution in [0.4, 0.5) is 5.69 Å². The summed E-state index contributed by atoms with van der Waals surface area (Å²) in [5.41, 5.74) is 0.908. The molecule has 2 unspecified atom stereocenters. The lowest BCUT2D eigenvalue weighted by Gasteiger charge is -2.21. The Morgan fingerprint density at radius 3 is 2.45 bits per heavy atom. The summed E-state index contributed by atoms with van der Waals surface area (Å²) in [6.07, 6.45) is 2.41. The fraction of sp³-hybridized carbons (Fsp3) is 0.571. The van der Waals surface area contributed by atoms with Crippen molar-refractivity contribution in [1.29, 1.82) is 0 Å². The summed E-state index contributed by atoms with van der Waals surface area (Å²) < 4.78 is 30.8. The summed E-state index contributed by atoms with van der Waals surface area (Å²) in [5.74, 6) is 0. The fourth-order valence-corrected chi connectivity index (χ4v) is 3.19. The maximum atomic E-state index is 12.0. The van der Waals surface area contributed by atoms with Gasteiger partial charge in [0.25, 0.3) is 0 Å². The Balaban J connectivity index is 2.05. The van der Waals surface area contributed by atoms with Gasteiger partial charge in [0, 0.05) is 32.4 Å². The Morgan fingerprint density at radius 1 is 1.30 bits per heavy atom. The van der Waals surface area contributed by atoms with Crippen LogP contribution in [0.25, 0.3) is 0 Å². The van der Waals surface area contributed by atoms with Gasteiger partial charge in [-0.1, -0.05) is 0 Å². The predicted molar refractivity (Wildman–Crippen MR) is 79.4 cm³/mol. The van der Waals surface area contributed by atoms with E-state index in [-0.39, 0.29) is 12.1 Å². The molecule has 1 N–H and O–H groups in total. The third kappa shape index (κ3) is 3.31. The number of nitrogens with zero attached hydrogens (tertiary/aromatic N) is 1. The van der Waals surface area contributed by atoms with Gasteiger partial charge in [-0.3, -0.25) is 0 Å². The minimum Gasteiger partial charge on any atom is -0.380 e. The molecule has 2 atom stereocenters. The normalized spacial score (nSPS) is 21.1. The molecule has 20 heavy (non-hydrogen) atoms. The fourth-order valence-electron chi connectivity index (χ4n) is 2.29. The smallest absolute Gasteiger partial charge is 0.242 e. The molecule has 112 valence electrons. The van der Waals surface area contributed by atoms with Crippen molar-refractivity contribution in [3.05, 3.63) is 24.3 Å². The molecule has 6 heteroatoms. The van der Waals surface area contributed by atoms with Crippen LogP contribution in [0.15, 0.2) is 29.2 Å². The van der Waals surface area contributed by atoms with E-state index in [2.05, 4.69) is 12.2 Å². The van der Waals surface area contributed by atoms with Crippen LogP contribution in [0, 0.1) is 0 Å². The zero-order chi connectivity index (χ0) is 14.8. The number of anilines is 1. The molecule has 0 bridgehead atoms. The molecule has 1 aromatic rings. The van der Waals surface area contributed by atoms with Crippen molar-refractivity contribution in [2.75, 3.05) is 26.0 Å².